The van der Waals surface area contributed by atoms with Gasteiger partial charge in [-0.15, -0.1) is 0 Å². The minimum absolute atomic E-state index is 0.186. The van der Waals surface area contributed by atoms with Crippen LogP contribution in [0.4, 0.5) is 4.39 Å². The molecular formula is C9H10FIO2. The number of benzene rings is 1. The van der Waals surface area contributed by atoms with Crippen molar-refractivity contribution in [1.82, 2.24) is 0 Å². The lowest BCUT2D eigenvalue weighted by atomic mass is 10.3. The monoisotopic (exact) mass is 296 g/mol. The molecule has 0 saturated carbocycles. The first-order valence-corrected chi connectivity index (χ1v) is 4.92. The number of hydrogen-bond acceptors (Lipinski definition) is 2. The molecule has 0 atom stereocenters. The van der Waals surface area contributed by atoms with Crippen LogP contribution in [0.1, 0.15) is 6.92 Å². The Morgan fingerprint density at radius 3 is 2.69 bits per heavy atom. The maximum atomic E-state index is 13.3. The first-order valence-electron chi connectivity index (χ1n) is 3.84. The molecule has 0 aliphatic carbocycles. The Labute approximate surface area is 90.2 Å². The molecule has 0 unspecified atom stereocenters. The normalized spacial score (nSPS) is 9.85. The van der Waals surface area contributed by atoms with Crippen LogP contribution >= 0.6 is 22.6 Å². The molecule has 0 aliphatic rings. The zero-order valence-corrected chi connectivity index (χ0v) is 9.59. The van der Waals surface area contributed by atoms with Gasteiger partial charge in [0, 0.05) is 3.57 Å². The summed E-state index contributed by atoms with van der Waals surface area (Å²) in [6.45, 7) is 2.23. The summed E-state index contributed by atoms with van der Waals surface area (Å²) in [4.78, 5) is 0. The van der Waals surface area contributed by atoms with Crippen LogP contribution in [0.2, 0.25) is 0 Å². The molecule has 1 aromatic carbocycles. The van der Waals surface area contributed by atoms with E-state index in [9.17, 15) is 4.39 Å². The highest BCUT2D eigenvalue weighted by molar-refractivity contribution is 14.1. The SMILES string of the molecule is CCOc1c(F)cc(I)cc1OC. The number of methoxy groups -OCH3 is 1. The third kappa shape index (κ3) is 2.46. The van der Waals surface area contributed by atoms with Crippen LogP contribution in [0.15, 0.2) is 12.1 Å². The molecule has 0 saturated heterocycles. The van der Waals surface area contributed by atoms with Gasteiger partial charge in [0.15, 0.2) is 17.3 Å². The van der Waals surface area contributed by atoms with Crippen LogP contribution in [0.25, 0.3) is 0 Å². The molecule has 4 heteroatoms. The Kier molecular flexibility index (Phi) is 3.77. The first-order chi connectivity index (χ1) is 6.19. The van der Waals surface area contributed by atoms with Crippen LogP contribution in [0, 0.1) is 9.39 Å². The Balaban J connectivity index is 3.13. The molecular weight excluding hydrogens is 286 g/mol. The minimum Gasteiger partial charge on any atom is -0.493 e. The lowest BCUT2D eigenvalue weighted by Crippen LogP contribution is -1.98. The lowest BCUT2D eigenvalue weighted by Gasteiger charge is -2.10. The standard InChI is InChI=1S/C9H10FIO2/c1-3-13-9-7(10)4-6(11)5-8(9)12-2/h4-5H,3H2,1-2H3. The van der Waals surface area contributed by atoms with Crippen molar-refractivity contribution in [2.75, 3.05) is 13.7 Å². The number of rotatable bonds is 3. The van der Waals surface area contributed by atoms with Gasteiger partial charge in [0.05, 0.1) is 13.7 Å². The van der Waals surface area contributed by atoms with Crippen molar-refractivity contribution in [2.45, 2.75) is 6.92 Å². The van der Waals surface area contributed by atoms with Gasteiger partial charge in [0.1, 0.15) is 0 Å². The molecule has 0 bridgehead atoms. The molecule has 0 amide bonds. The van der Waals surface area contributed by atoms with Gasteiger partial charge in [-0.3, -0.25) is 0 Å². The van der Waals surface area contributed by atoms with Crippen molar-refractivity contribution in [3.05, 3.63) is 21.5 Å². The number of hydrogen-bond donors (Lipinski definition) is 0. The van der Waals surface area contributed by atoms with Gasteiger partial charge < -0.3 is 9.47 Å². The highest BCUT2D eigenvalue weighted by atomic mass is 127. The third-order valence-corrected chi connectivity index (χ3v) is 2.11. The zero-order valence-electron chi connectivity index (χ0n) is 7.43. The second-order valence-electron chi connectivity index (χ2n) is 2.35. The van der Waals surface area contributed by atoms with E-state index in [2.05, 4.69) is 0 Å². The molecule has 0 heterocycles. The average Bonchev–Trinajstić information content (AvgIpc) is 2.09. The van der Waals surface area contributed by atoms with Crippen molar-refractivity contribution in [3.63, 3.8) is 0 Å². The first kappa shape index (κ1) is 10.6. The topological polar surface area (TPSA) is 18.5 Å². The highest BCUT2D eigenvalue weighted by Crippen LogP contribution is 2.31. The average molecular weight is 296 g/mol. The molecule has 2 nitrogen and oxygen atoms in total. The molecule has 0 fully saturated rings. The summed E-state index contributed by atoms with van der Waals surface area (Å²) in [6, 6.07) is 3.14. The fraction of sp³-hybridized carbons (Fsp3) is 0.333. The van der Waals surface area contributed by atoms with Crippen molar-refractivity contribution < 1.29 is 13.9 Å². The smallest absolute Gasteiger partial charge is 0.197 e. The highest BCUT2D eigenvalue weighted by Gasteiger charge is 2.11. The molecule has 0 aromatic heterocycles. The van der Waals surface area contributed by atoms with Crippen LogP contribution in [0.5, 0.6) is 11.5 Å². The van der Waals surface area contributed by atoms with E-state index in [4.69, 9.17) is 9.47 Å². The Morgan fingerprint density at radius 1 is 1.46 bits per heavy atom. The van der Waals surface area contributed by atoms with E-state index >= 15 is 0 Å². The van der Waals surface area contributed by atoms with Crippen LogP contribution in [-0.4, -0.2) is 13.7 Å². The predicted molar refractivity (Wildman–Crippen MR) is 56.8 cm³/mol. The van der Waals surface area contributed by atoms with Crippen molar-refractivity contribution in [2.24, 2.45) is 0 Å². The molecule has 1 rings (SSSR count). The van der Waals surface area contributed by atoms with E-state index in [-0.39, 0.29) is 11.6 Å². The third-order valence-electron chi connectivity index (χ3n) is 1.48. The van der Waals surface area contributed by atoms with Crippen molar-refractivity contribution in [3.8, 4) is 11.5 Å². The second-order valence-corrected chi connectivity index (χ2v) is 3.60. The van der Waals surface area contributed by atoms with Crippen molar-refractivity contribution in [1.29, 1.82) is 0 Å². The number of halogens is 2. The fourth-order valence-electron chi connectivity index (χ4n) is 0.973. The Bertz CT molecular complexity index is 302. The second kappa shape index (κ2) is 4.64. The van der Waals surface area contributed by atoms with E-state index in [1.807, 2.05) is 22.6 Å². The summed E-state index contributed by atoms with van der Waals surface area (Å²) >= 11 is 2.02. The van der Waals surface area contributed by atoms with Crippen LogP contribution in [0.3, 0.4) is 0 Å². The fourth-order valence-corrected chi connectivity index (χ4v) is 1.53. The van der Waals surface area contributed by atoms with E-state index in [0.717, 1.165) is 3.57 Å². The molecule has 13 heavy (non-hydrogen) atoms. The van der Waals surface area contributed by atoms with E-state index in [1.165, 1.54) is 13.2 Å². The summed E-state index contributed by atoms with van der Waals surface area (Å²) in [5, 5.41) is 0. The summed E-state index contributed by atoms with van der Waals surface area (Å²) in [6.07, 6.45) is 0. The van der Waals surface area contributed by atoms with Gasteiger partial charge in [-0.1, -0.05) is 0 Å². The molecule has 0 spiro atoms. The summed E-state index contributed by atoms with van der Waals surface area (Å²) in [7, 11) is 1.49. The largest absolute Gasteiger partial charge is 0.493 e. The molecule has 0 N–H and O–H groups in total. The van der Waals surface area contributed by atoms with E-state index in [1.54, 1.807) is 13.0 Å². The van der Waals surface area contributed by atoms with Gasteiger partial charge >= 0.3 is 0 Å². The lowest BCUT2D eigenvalue weighted by molar-refractivity contribution is 0.294. The van der Waals surface area contributed by atoms with Gasteiger partial charge in [-0.25, -0.2) is 4.39 Å². The van der Waals surface area contributed by atoms with Crippen LogP contribution in [-0.2, 0) is 0 Å². The predicted octanol–water partition coefficient (Wildman–Crippen LogP) is 2.84. The van der Waals surface area contributed by atoms with Crippen molar-refractivity contribution >= 4 is 22.6 Å². The Morgan fingerprint density at radius 2 is 2.15 bits per heavy atom. The van der Waals surface area contributed by atoms with Gasteiger partial charge in [-0.2, -0.15) is 0 Å². The molecule has 1 aromatic rings. The van der Waals surface area contributed by atoms with Gasteiger partial charge in [-0.05, 0) is 41.6 Å². The summed E-state index contributed by atoms with van der Waals surface area (Å²) < 4.78 is 24.2. The quantitative estimate of drug-likeness (QED) is 0.799. The van der Waals surface area contributed by atoms with Gasteiger partial charge in [0.25, 0.3) is 0 Å². The molecule has 72 valence electrons. The maximum Gasteiger partial charge on any atom is 0.197 e. The van der Waals surface area contributed by atoms with E-state index < -0.39 is 0 Å². The maximum absolute atomic E-state index is 13.3. The number of ether oxygens (including phenoxy) is 2. The summed E-state index contributed by atoms with van der Waals surface area (Å²) in [5.41, 5.74) is 0. The van der Waals surface area contributed by atoms with Gasteiger partial charge in [0.2, 0.25) is 0 Å². The van der Waals surface area contributed by atoms with E-state index in [0.29, 0.717) is 12.4 Å². The van der Waals surface area contributed by atoms with Crippen LogP contribution < -0.4 is 9.47 Å². The minimum atomic E-state index is -0.384. The molecule has 0 aliphatic heterocycles. The summed E-state index contributed by atoms with van der Waals surface area (Å²) in [5.74, 6) is 0.238. The molecule has 0 radical (unpaired) electrons. The Hall–Kier alpha value is -0.520. The zero-order chi connectivity index (χ0) is 9.84.